The van der Waals surface area contributed by atoms with Crippen LogP contribution in [0, 0.1) is 6.92 Å². The summed E-state index contributed by atoms with van der Waals surface area (Å²) in [5.41, 5.74) is 2.93. The van der Waals surface area contributed by atoms with E-state index in [9.17, 15) is 19.5 Å². The number of benzene rings is 3. The molecule has 9 nitrogen and oxygen atoms in total. The molecular weight excluding hydrogens is 586 g/mol. The van der Waals surface area contributed by atoms with E-state index in [1.165, 1.54) is 12.1 Å². The largest absolute Gasteiger partial charge is 0.490 e. The number of carboxylic acid groups (broad SMARTS) is 1. The number of thioether (sulfide) groups is 1. The molecule has 0 bridgehead atoms. The third-order valence-corrected chi connectivity index (χ3v) is 6.91. The number of aromatic carboxylic acids is 1. The topological polar surface area (TPSA) is 126 Å². The van der Waals surface area contributed by atoms with Gasteiger partial charge in [-0.25, -0.2) is 9.79 Å². The van der Waals surface area contributed by atoms with Crippen LogP contribution in [0.15, 0.2) is 75.0 Å². The Bertz CT molecular complexity index is 1490. The zero-order chi connectivity index (χ0) is 27.9. The molecule has 200 valence electrons. The Morgan fingerprint density at radius 2 is 1.85 bits per heavy atom. The molecule has 2 amide bonds. The van der Waals surface area contributed by atoms with Gasteiger partial charge < -0.3 is 25.2 Å². The molecule has 3 aromatic rings. The molecule has 0 spiro atoms. The number of amidine groups is 1. The number of ether oxygens (including phenoxy) is 2. The lowest BCUT2D eigenvalue weighted by molar-refractivity contribution is -0.118. The maximum absolute atomic E-state index is 12.6. The highest BCUT2D eigenvalue weighted by Gasteiger charge is 2.25. The molecule has 4 rings (SSSR count). The number of rotatable bonds is 9. The number of amides is 2. The van der Waals surface area contributed by atoms with Gasteiger partial charge in [-0.1, -0.05) is 39.7 Å². The van der Waals surface area contributed by atoms with Crippen LogP contribution in [0.1, 0.15) is 28.4 Å². The summed E-state index contributed by atoms with van der Waals surface area (Å²) in [6.45, 7) is 3.94. The fourth-order valence-electron chi connectivity index (χ4n) is 3.47. The van der Waals surface area contributed by atoms with Crippen molar-refractivity contribution in [3.63, 3.8) is 0 Å². The van der Waals surface area contributed by atoms with Crippen molar-refractivity contribution in [1.82, 2.24) is 5.32 Å². The molecule has 1 heterocycles. The van der Waals surface area contributed by atoms with Gasteiger partial charge in [0.05, 0.1) is 22.8 Å². The molecular formula is C28H24BrN3O6S. The molecule has 1 aliphatic heterocycles. The Morgan fingerprint density at radius 1 is 1.10 bits per heavy atom. The SMILES string of the molecule is CCOc1cc(/C=C2\SC(=Nc3cccc(C(=O)O)c3)NC2=O)c(Br)cc1OCC(=O)Nc1ccc(C)cc1. The maximum Gasteiger partial charge on any atom is 0.335 e. The summed E-state index contributed by atoms with van der Waals surface area (Å²) in [4.78, 5) is 40.9. The number of hydrogen-bond donors (Lipinski definition) is 3. The van der Waals surface area contributed by atoms with Gasteiger partial charge in [0.15, 0.2) is 23.3 Å². The van der Waals surface area contributed by atoms with Crippen LogP contribution in [0.5, 0.6) is 11.5 Å². The Hall–Kier alpha value is -4.09. The number of hydrogen-bond acceptors (Lipinski definition) is 7. The third kappa shape index (κ3) is 7.49. The third-order valence-electron chi connectivity index (χ3n) is 5.32. The number of carboxylic acids is 1. The molecule has 11 heteroatoms. The van der Waals surface area contributed by atoms with Crippen molar-refractivity contribution in [2.75, 3.05) is 18.5 Å². The number of nitrogens with one attached hydrogen (secondary N) is 2. The van der Waals surface area contributed by atoms with E-state index in [-0.39, 0.29) is 24.0 Å². The average molecular weight is 610 g/mol. The summed E-state index contributed by atoms with van der Waals surface area (Å²) in [6.07, 6.45) is 1.68. The van der Waals surface area contributed by atoms with Crippen molar-refractivity contribution in [1.29, 1.82) is 0 Å². The fraction of sp³-hybridized carbons (Fsp3) is 0.143. The Kier molecular flexibility index (Phi) is 9.05. The number of carbonyl (C=O) groups excluding carboxylic acids is 2. The van der Waals surface area contributed by atoms with Crippen LogP contribution in [0.25, 0.3) is 6.08 Å². The minimum absolute atomic E-state index is 0.101. The smallest absolute Gasteiger partial charge is 0.335 e. The number of aryl methyl sites for hydroxylation is 1. The summed E-state index contributed by atoms with van der Waals surface area (Å²) in [6, 6.07) is 17.0. The highest BCUT2D eigenvalue weighted by Crippen LogP contribution is 2.37. The summed E-state index contributed by atoms with van der Waals surface area (Å²) >= 11 is 4.64. The Morgan fingerprint density at radius 3 is 2.56 bits per heavy atom. The Labute approximate surface area is 237 Å². The fourth-order valence-corrected chi connectivity index (χ4v) is 4.74. The predicted molar refractivity (Wildman–Crippen MR) is 155 cm³/mol. The number of carbonyl (C=O) groups is 3. The van der Waals surface area contributed by atoms with Crippen LogP contribution >= 0.6 is 27.7 Å². The van der Waals surface area contributed by atoms with Gasteiger partial charge in [0.25, 0.3) is 11.8 Å². The quantitative estimate of drug-likeness (QED) is 0.263. The second-order valence-electron chi connectivity index (χ2n) is 8.29. The van der Waals surface area contributed by atoms with Gasteiger partial charge in [-0.3, -0.25) is 9.59 Å². The predicted octanol–water partition coefficient (Wildman–Crippen LogP) is 5.76. The zero-order valence-corrected chi connectivity index (χ0v) is 23.4. The van der Waals surface area contributed by atoms with Gasteiger partial charge in [-0.15, -0.1) is 0 Å². The standard InChI is InChI=1S/C28H24BrN3O6S/c1-3-37-22-12-18(21(29)14-23(22)38-15-25(33)30-19-9-7-16(2)8-10-19)13-24-26(34)32-28(39-24)31-20-6-4-5-17(11-20)27(35)36/h4-14H,3,15H2,1-2H3,(H,30,33)(H,35,36)(H,31,32,34)/b24-13-. The lowest BCUT2D eigenvalue weighted by Gasteiger charge is -2.14. The van der Waals surface area contributed by atoms with Crippen LogP contribution in [0.3, 0.4) is 0 Å². The summed E-state index contributed by atoms with van der Waals surface area (Å²) in [5.74, 6) is -0.933. The van der Waals surface area contributed by atoms with Crippen molar-refractivity contribution in [3.8, 4) is 11.5 Å². The van der Waals surface area contributed by atoms with Crippen LogP contribution in [0.2, 0.25) is 0 Å². The highest BCUT2D eigenvalue weighted by atomic mass is 79.9. The van der Waals surface area contributed by atoms with Crippen molar-refractivity contribution in [2.45, 2.75) is 13.8 Å². The first kappa shape index (κ1) is 27.9. The zero-order valence-electron chi connectivity index (χ0n) is 21.0. The van der Waals surface area contributed by atoms with Crippen molar-refractivity contribution in [3.05, 3.63) is 86.7 Å². The summed E-state index contributed by atoms with van der Waals surface area (Å²) < 4.78 is 12.1. The minimum Gasteiger partial charge on any atom is -0.490 e. The van der Waals surface area contributed by atoms with Crippen molar-refractivity contribution in [2.24, 2.45) is 4.99 Å². The number of nitrogens with zero attached hydrogens (tertiary/aromatic N) is 1. The molecule has 1 saturated heterocycles. The summed E-state index contributed by atoms with van der Waals surface area (Å²) in [5, 5.41) is 15.0. The van der Waals surface area contributed by atoms with E-state index >= 15 is 0 Å². The second kappa shape index (κ2) is 12.6. The molecule has 1 fully saturated rings. The molecule has 3 N–H and O–H groups in total. The minimum atomic E-state index is -1.06. The lowest BCUT2D eigenvalue weighted by Crippen LogP contribution is -2.20. The van der Waals surface area contributed by atoms with Gasteiger partial charge in [-0.05, 0) is 79.7 Å². The number of aliphatic imine (C=N–C) groups is 1. The average Bonchev–Trinajstić information content (AvgIpc) is 3.24. The molecule has 0 aliphatic carbocycles. The van der Waals surface area contributed by atoms with E-state index in [4.69, 9.17) is 9.47 Å². The van der Waals surface area contributed by atoms with Crippen molar-refractivity contribution >= 4 is 68.1 Å². The first-order valence-corrected chi connectivity index (χ1v) is 13.4. The number of halogens is 1. The van der Waals surface area contributed by atoms with Crippen LogP contribution < -0.4 is 20.1 Å². The molecule has 39 heavy (non-hydrogen) atoms. The highest BCUT2D eigenvalue weighted by molar-refractivity contribution is 9.10. The van der Waals surface area contributed by atoms with Crippen LogP contribution in [-0.2, 0) is 9.59 Å². The first-order valence-electron chi connectivity index (χ1n) is 11.8. The summed E-state index contributed by atoms with van der Waals surface area (Å²) in [7, 11) is 0. The molecule has 0 radical (unpaired) electrons. The van der Waals surface area contributed by atoms with Gasteiger partial charge in [0.2, 0.25) is 0 Å². The van der Waals surface area contributed by atoms with Gasteiger partial charge >= 0.3 is 5.97 Å². The molecule has 0 aromatic heterocycles. The Balaban J connectivity index is 1.49. The van der Waals surface area contributed by atoms with E-state index in [0.29, 0.717) is 49.6 Å². The number of anilines is 1. The normalized spacial score (nSPS) is 14.8. The lowest BCUT2D eigenvalue weighted by atomic mass is 10.2. The van der Waals surface area contributed by atoms with E-state index in [0.717, 1.165) is 17.3 Å². The van der Waals surface area contributed by atoms with Crippen LogP contribution in [0.4, 0.5) is 11.4 Å². The van der Waals surface area contributed by atoms with E-state index < -0.39 is 5.97 Å². The van der Waals surface area contributed by atoms with Gasteiger partial charge in [-0.2, -0.15) is 0 Å². The van der Waals surface area contributed by atoms with Crippen molar-refractivity contribution < 1.29 is 29.0 Å². The second-order valence-corrected chi connectivity index (χ2v) is 10.2. The van der Waals surface area contributed by atoms with Gasteiger partial charge in [0.1, 0.15) is 0 Å². The molecule has 0 unspecified atom stereocenters. The van der Waals surface area contributed by atoms with E-state index in [1.807, 2.05) is 38.1 Å². The molecule has 3 aromatic carbocycles. The monoisotopic (exact) mass is 609 g/mol. The first-order chi connectivity index (χ1) is 18.7. The van der Waals surface area contributed by atoms with E-state index in [2.05, 4.69) is 31.6 Å². The maximum atomic E-state index is 12.6. The molecule has 1 aliphatic rings. The molecule has 0 saturated carbocycles. The van der Waals surface area contributed by atoms with Crippen LogP contribution in [-0.4, -0.2) is 41.3 Å². The van der Waals surface area contributed by atoms with Gasteiger partial charge in [0, 0.05) is 10.2 Å². The molecule has 0 atom stereocenters. The van der Waals surface area contributed by atoms with E-state index in [1.54, 1.807) is 30.3 Å².